The first-order valence-electron chi connectivity index (χ1n) is 7.23. The molecule has 0 aliphatic carbocycles. The average molecular weight is 313 g/mol. The summed E-state index contributed by atoms with van der Waals surface area (Å²) in [6, 6.07) is 7.81. The fraction of sp³-hybridized carbons (Fsp3) is 0.294. The monoisotopic (exact) mass is 313 g/mol. The van der Waals surface area contributed by atoms with Gasteiger partial charge in [0.1, 0.15) is 0 Å². The van der Waals surface area contributed by atoms with Crippen molar-refractivity contribution in [1.29, 1.82) is 0 Å². The lowest BCUT2D eigenvalue weighted by Gasteiger charge is -2.19. The van der Waals surface area contributed by atoms with Crippen molar-refractivity contribution >= 4 is 22.2 Å². The molecule has 22 heavy (non-hydrogen) atoms. The number of fused-ring (bicyclic) bond motifs is 1. The van der Waals surface area contributed by atoms with Crippen LogP contribution >= 0.6 is 11.3 Å². The maximum atomic E-state index is 12.2. The van der Waals surface area contributed by atoms with Gasteiger partial charge in [-0.05, 0) is 23.1 Å². The number of hydrogen-bond donors (Lipinski definition) is 1. The second-order valence-corrected chi connectivity index (χ2v) is 7.15. The number of amides is 1. The summed E-state index contributed by atoms with van der Waals surface area (Å²) < 4.78 is 1.99. The number of rotatable bonds is 3. The first kappa shape index (κ1) is 14.8. The number of benzene rings is 1. The second-order valence-electron chi connectivity index (χ2n) is 6.32. The van der Waals surface area contributed by atoms with Crippen LogP contribution in [0.15, 0.2) is 42.0 Å². The molecule has 0 spiro atoms. The van der Waals surface area contributed by atoms with Crippen molar-refractivity contribution in [2.75, 3.05) is 0 Å². The molecule has 2 aromatic heterocycles. The van der Waals surface area contributed by atoms with Gasteiger partial charge in [-0.3, -0.25) is 9.20 Å². The highest BCUT2D eigenvalue weighted by molar-refractivity contribution is 7.15. The highest BCUT2D eigenvalue weighted by Gasteiger charge is 2.14. The van der Waals surface area contributed by atoms with Gasteiger partial charge in [0.2, 0.25) is 0 Å². The van der Waals surface area contributed by atoms with Gasteiger partial charge in [-0.2, -0.15) is 0 Å². The highest BCUT2D eigenvalue weighted by atomic mass is 32.1. The molecule has 0 bridgehead atoms. The van der Waals surface area contributed by atoms with E-state index in [1.807, 2.05) is 40.2 Å². The van der Waals surface area contributed by atoms with Crippen molar-refractivity contribution < 1.29 is 4.79 Å². The maximum Gasteiger partial charge on any atom is 0.251 e. The molecular formula is C17H19N3OS. The number of carbonyl (C=O) groups excluding carboxylic acids is 1. The van der Waals surface area contributed by atoms with E-state index in [4.69, 9.17) is 0 Å². The second kappa shape index (κ2) is 5.57. The van der Waals surface area contributed by atoms with Crippen LogP contribution in [-0.2, 0) is 12.0 Å². The molecule has 114 valence electrons. The van der Waals surface area contributed by atoms with Crippen LogP contribution in [0.4, 0.5) is 0 Å². The van der Waals surface area contributed by atoms with Crippen LogP contribution in [0.25, 0.3) is 4.96 Å². The number of thiazole rings is 1. The summed E-state index contributed by atoms with van der Waals surface area (Å²) >= 11 is 1.57. The molecule has 2 heterocycles. The first-order chi connectivity index (χ1) is 10.4. The molecule has 1 N–H and O–H groups in total. The van der Waals surface area contributed by atoms with E-state index >= 15 is 0 Å². The Morgan fingerprint density at radius 1 is 1.27 bits per heavy atom. The molecule has 0 aliphatic heterocycles. The summed E-state index contributed by atoms with van der Waals surface area (Å²) in [5.41, 5.74) is 3.04. The predicted molar refractivity (Wildman–Crippen MR) is 89.4 cm³/mol. The van der Waals surface area contributed by atoms with Gasteiger partial charge >= 0.3 is 0 Å². The van der Waals surface area contributed by atoms with E-state index in [-0.39, 0.29) is 11.3 Å². The Morgan fingerprint density at radius 2 is 2.00 bits per heavy atom. The van der Waals surface area contributed by atoms with Gasteiger partial charge in [0.25, 0.3) is 5.91 Å². The summed E-state index contributed by atoms with van der Waals surface area (Å²) in [6.07, 6.45) is 3.67. The molecule has 1 aromatic carbocycles. The highest BCUT2D eigenvalue weighted by Crippen LogP contribution is 2.22. The van der Waals surface area contributed by atoms with Crippen LogP contribution < -0.4 is 5.32 Å². The minimum absolute atomic E-state index is 0.0556. The Morgan fingerprint density at radius 3 is 2.68 bits per heavy atom. The van der Waals surface area contributed by atoms with Crippen LogP contribution in [0.3, 0.4) is 0 Å². The van der Waals surface area contributed by atoms with E-state index in [9.17, 15) is 4.79 Å². The maximum absolute atomic E-state index is 12.2. The number of imidazole rings is 1. The Kier molecular flexibility index (Phi) is 3.74. The third kappa shape index (κ3) is 2.90. The fourth-order valence-electron chi connectivity index (χ4n) is 2.29. The summed E-state index contributed by atoms with van der Waals surface area (Å²) in [5.74, 6) is -0.0556. The molecule has 0 fully saturated rings. The predicted octanol–water partition coefficient (Wildman–Crippen LogP) is 3.62. The average Bonchev–Trinajstić information content (AvgIpc) is 3.07. The zero-order valence-corrected chi connectivity index (χ0v) is 13.8. The lowest BCUT2D eigenvalue weighted by Crippen LogP contribution is -2.23. The lowest BCUT2D eigenvalue weighted by molar-refractivity contribution is 0.0950. The van der Waals surface area contributed by atoms with Crippen LogP contribution in [0.2, 0.25) is 0 Å². The fourth-order valence-corrected chi connectivity index (χ4v) is 3.15. The van der Waals surface area contributed by atoms with Gasteiger partial charge < -0.3 is 5.32 Å². The van der Waals surface area contributed by atoms with Gasteiger partial charge in [0.15, 0.2) is 4.96 Å². The lowest BCUT2D eigenvalue weighted by atomic mass is 9.87. The minimum Gasteiger partial charge on any atom is -0.346 e. The zero-order chi connectivity index (χ0) is 15.7. The smallest absolute Gasteiger partial charge is 0.251 e. The van der Waals surface area contributed by atoms with Crippen LogP contribution in [-0.4, -0.2) is 15.3 Å². The number of carbonyl (C=O) groups is 1. The van der Waals surface area contributed by atoms with Crippen molar-refractivity contribution in [3.05, 3.63) is 58.9 Å². The van der Waals surface area contributed by atoms with Crippen molar-refractivity contribution in [2.24, 2.45) is 0 Å². The molecule has 3 aromatic rings. The van der Waals surface area contributed by atoms with Crippen LogP contribution in [0, 0.1) is 0 Å². The summed E-state index contributed by atoms with van der Waals surface area (Å²) in [6.45, 7) is 6.98. The molecule has 0 saturated carbocycles. The number of aromatic nitrogens is 2. The molecule has 0 atom stereocenters. The molecule has 0 aliphatic rings. The van der Waals surface area contributed by atoms with E-state index in [1.54, 1.807) is 17.5 Å². The van der Waals surface area contributed by atoms with E-state index in [1.165, 1.54) is 5.56 Å². The molecule has 0 unspecified atom stereocenters. The molecule has 3 rings (SSSR count). The van der Waals surface area contributed by atoms with Crippen molar-refractivity contribution in [2.45, 2.75) is 32.7 Å². The molecule has 0 radical (unpaired) electrons. The zero-order valence-electron chi connectivity index (χ0n) is 13.0. The van der Waals surface area contributed by atoms with Crippen LogP contribution in [0.5, 0.6) is 0 Å². The van der Waals surface area contributed by atoms with E-state index in [0.29, 0.717) is 12.1 Å². The molecule has 5 heteroatoms. The minimum atomic E-state index is -0.0556. The largest absolute Gasteiger partial charge is 0.346 e. The number of hydrogen-bond acceptors (Lipinski definition) is 3. The third-order valence-corrected chi connectivity index (χ3v) is 4.56. The summed E-state index contributed by atoms with van der Waals surface area (Å²) in [5, 5.41) is 4.98. The van der Waals surface area contributed by atoms with E-state index in [2.05, 4.69) is 31.1 Å². The van der Waals surface area contributed by atoms with Crippen molar-refractivity contribution in [3.63, 3.8) is 0 Å². The Hall–Kier alpha value is -2.14. The number of nitrogens with zero attached hydrogens (tertiary/aromatic N) is 2. The summed E-state index contributed by atoms with van der Waals surface area (Å²) in [4.78, 5) is 17.4. The van der Waals surface area contributed by atoms with Crippen molar-refractivity contribution in [1.82, 2.24) is 14.7 Å². The molecule has 1 amide bonds. The Balaban J connectivity index is 1.68. The normalized spacial score (nSPS) is 11.8. The third-order valence-electron chi connectivity index (χ3n) is 3.66. The quantitative estimate of drug-likeness (QED) is 0.802. The topological polar surface area (TPSA) is 46.4 Å². The number of nitrogens with one attached hydrogen (secondary N) is 1. The SMILES string of the molecule is CC(C)(C)c1ccc(C(=O)NCc2csc3nccn23)cc1. The Bertz CT molecular complexity index is 793. The van der Waals surface area contributed by atoms with Crippen LogP contribution in [0.1, 0.15) is 42.4 Å². The van der Waals surface area contributed by atoms with E-state index < -0.39 is 0 Å². The molecule has 4 nitrogen and oxygen atoms in total. The van der Waals surface area contributed by atoms with Gasteiger partial charge in [-0.25, -0.2) is 4.98 Å². The van der Waals surface area contributed by atoms with Gasteiger partial charge in [-0.15, -0.1) is 11.3 Å². The van der Waals surface area contributed by atoms with Gasteiger partial charge in [-0.1, -0.05) is 32.9 Å². The summed E-state index contributed by atoms with van der Waals surface area (Å²) in [7, 11) is 0. The molecule has 0 saturated heterocycles. The Labute approximate surface area is 133 Å². The van der Waals surface area contributed by atoms with Crippen molar-refractivity contribution in [3.8, 4) is 0 Å². The molecular weight excluding hydrogens is 294 g/mol. The first-order valence-corrected chi connectivity index (χ1v) is 8.11. The van der Waals surface area contributed by atoms with Gasteiger partial charge in [0.05, 0.1) is 12.2 Å². The van der Waals surface area contributed by atoms with Gasteiger partial charge in [0, 0.05) is 23.3 Å². The standard InChI is InChI=1S/C17H19N3OS/c1-17(2,3)13-6-4-12(5-7-13)15(21)19-10-14-11-22-16-18-8-9-20(14)16/h4-9,11H,10H2,1-3H3,(H,19,21). The van der Waals surface area contributed by atoms with E-state index in [0.717, 1.165) is 10.7 Å².